The minimum absolute atomic E-state index is 0.0972. The van der Waals surface area contributed by atoms with Gasteiger partial charge < -0.3 is 10.4 Å². The molecule has 0 unspecified atom stereocenters. The summed E-state index contributed by atoms with van der Waals surface area (Å²) in [5.74, 6) is -0.889. The minimum Gasteiger partial charge on any atom is -0.481 e. The van der Waals surface area contributed by atoms with Gasteiger partial charge in [-0.2, -0.15) is 0 Å². The molecule has 1 aliphatic rings. The Bertz CT molecular complexity index is 409. The topological polar surface area (TPSA) is 66.4 Å². The summed E-state index contributed by atoms with van der Waals surface area (Å²) in [5, 5.41) is 13.8. The van der Waals surface area contributed by atoms with Gasteiger partial charge in [-0.1, -0.05) is 12.5 Å². The summed E-state index contributed by atoms with van der Waals surface area (Å²) in [6.45, 7) is 0.256. The summed E-state index contributed by atoms with van der Waals surface area (Å²) in [6.07, 6.45) is 2.61. The van der Waals surface area contributed by atoms with Crippen LogP contribution in [0.15, 0.2) is 17.5 Å². The van der Waals surface area contributed by atoms with Crippen molar-refractivity contribution in [2.45, 2.75) is 25.7 Å². The quantitative estimate of drug-likeness (QED) is 0.838. The van der Waals surface area contributed by atoms with E-state index < -0.39 is 11.4 Å². The molecule has 17 heavy (non-hydrogen) atoms. The molecule has 1 amide bonds. The van der Waals surface area contributed by atoms with Gasteiger partial charge in [0.25, 0.3) is 0 Å². The van der Waals surface area contributed by atoms with E-state index in [2.05, 4.69) is 5.32 Å². The molecule has 2 N–H and O–H groups in total. The standard InChI is InChI=1S/C12H15NO3S/c14-10(7-9-3-1-6-17-9)13-8-12(11(15)16)4-2-5-12/h1,3,6H,2,4-5,7-8H2,(H,13,14)(H,15,16). The molecule has 0 atom stereocenters. The maximum atomic E-state index is 11.6. The van der Waals surface area contributed by atoms with E-state index in [-0.39, 0.29) is 12.5 Å². The number of carboxylic acid groups (broad SMARTS) is 1. The Hall–Kier alpha value is -1.36. The van der Waals surface area contributed by atoms with Crippen molar-refractivity contribution in [2.24, 2.45) is 5.41 Å². The van der Waals surface area contributed by atoms with Crippen molar-refractivity contribution in [1.29, 1.82) is 0 Å². The van der Waals surface area contributed by atoms with Crippen molar-refractivity contribution >= 4 is 23.2 Å². The lowest BCUT2D eigenvalue weighted by atomic mass is 9.69. The van der Waals surface area contributed by atoms with Crippen molar-refractivity contribution in [1.82, 2.24) is 5.32 Å². The molecule has 0 aromatic carbocycles. The second-order valence-corrected chi connectivity index (χ2v) is 5.50. The van der Waals surface area contributed by atoms with E-state index in [0.717, 1.165) is 11.3 Å². The first-order chi connectivity index (χ1) is 8.12. The highest BCUT2D eigenvalue weighted by Crippen LogP contribution is 2.40. The number of rotatable bonds is 5. The normalized spacial score (nSPS) is 17.2. The fourth-order valence-corrected chi connectivity index (χ4v) is 2.67. The van der Waals surface area contributed by atoms with Gasteiger partial charge in [0.1, 0.15) is 0 Å². The molecule has 1 saturated carbocycles. The molecule has 1 fully saturated rings. The zero-order valence-electron chi connectivity index (χ0n) is 9.44. The molecule has 0 spiro atoms. The number of nitrogens with one attached hydrogen (secondary N) is 1. The van der Waals surface area contributed by atoms with Crippen LogP contribution in [0.1, 0.15) is 24.1 Å². The lowest BCUT2D eigenvalue weighted by Gasteiger charge is -2.37. The maximum Gasteiger partial charge on any atom is 0.311 e. The molecule has 2 rings (SSSR count). The zero-order chi connectivity index (χ0) is 12.3. The number of carboxylic acids is 1. The van der Waals surface area contributed by atoms with E-state index in [1.54, 1.807) is 0 Å². The summed E-state index contributed by atoms with van der Waals surface area (Å²) in [7, 11) is 0. The van der Waals surface area contributed by atoms with Gasteiger partial charge in [0.2, 0.25) is 5.91 Å². The maximum absolute atomic E-state index is 11.6. The molecule has 92 valence electrons. The Morgan fingerprint density at radius 1 is 1.47 bits per heavy atom. The molecule has 4 nitrogen and oxygen atoms in total. The summed E-state index contributed by atoms with van der Waals surface area (Å²) in [5.41, 5.74) is -0.703. The van der Waals surface area contributed by atoms with Crippen molar-refractivity contribution in [3.8, 4) is 0 Å². The smallest absolute Gasteiger partial charge is 0.311 e. The predicted molar refractivity (Wildman–Crippen MR) is 65.0 cm³/mol. The molecule has 1 aromatic heterocycles. The fraction of sp³-hybridized carbons (Fsp3) is 0.500. The van der Waals surface area contributed by atoms with Crippen LogP contribution in [0.2, 0.25) is 0 Å². The van der Waals surface area contributed by atoms with Crippen LogP contribution >= 0.6 is 11.3 Å². The first kappa shape index (κ1) is 12.1. The first-order valence-corrected chi connectivity index (χ1v) is 6.53. The highest BCUT2D eigenvalue weighted by atomic mass is 32.1. The van der Waals surface area contributed by atoms with Crippen LogP contribution in [0, 0.1) is 5.41 Å². The summed E-state index contributed by atoms with van der Waals surface area (Å²) >= 11 is 1.53. The highest BCUT2D eigenvalue weighted by molar-refractivity contribution is 7.10. The minimum atomic E-state index is -0.792. The van der Waals surface area contributed by atoms with Crippen LogP contribution in [0.3, 0.4) is 0 Å². The average molecular weight is 253 g/mol. The van der Waals surface area contributed by atoms with Crippen LogP contribution < -0.4 is 5.32 Å². The van der Waals surface area contributed by atoms with Crippen LogP contribution in [0.25, 0.3) is 0 Å². The van der Waals surface area contributed by atoms with Gasteiger partial charge in [0.15, 0.2) is 0 Å². The van der Waals surface area contributed by atoms with Gasteiger partial charge in [-0.25, -0.2) is 0 Å². The van der Waals surface area contributed by atoms with Crippen molar-refractivity contribution in [3.05, 3.63) is 22.4 Å². The Morgan fingerprint density at radius 2 is 2.24 bits per heavy atom. The lowest BCUT2D eigenvalue weighted by molar-refractivity contribution is -0.154. The molecule has 0 saturated heterocycles. The predicted octanol–water partition coefficient (Wildman–Crippen LogP) is 1.66. The molecule has 0 bridgehead atoms. The van der Waals surface area contributed by atoms with Crippen molar-refractivity contribution in [2.75, 3.05) is 6.54 Å². The van der Waals surface area contributed by atoms with Crippen molar-refractivity contribution < 1.29 is 14.7 Å². The fourth-order valence-electron chi connectivity index (χ4n) is 1.97. The third-order valence-electron chi connectivity index (χ3n) is 3.30. The molecular formula is C12H15NO3S. The Balaban J connectivity index is 1.82. The number of hydrogen-bond donors (Lipinski definition) is 2. The van der Waals surface area contributed by atoms with E-state index in [1.807, 2.05) is 17.5 Å². The number of carbonyl (C=O) groups excluding carboxylic acids is 1. The molecule has 1 aliphatic carbocycles. The monoisotopic (exact) mass is 253 g/mol. The van der Waals surface area contributed by atoms with E-state index >= 15 is 0 Å². The SMILES string of the molecule is O=C(Cc1cccs1)NCC1(C(=O)O)CCC1. The van der Waals surface area contributed by atoms with Crippen LogP contribution in [0.5, 0.6) is 0 Å². The van der Waals surface area contributed by atoms with E-state index in [0.29, 0.717) is 19.3 Å². The number of amides is 1. The number of carbonyl (C=O) groups is 2. The summed E-state index contributed by atoms with van der Waals surface area (Å²) in [6, 6.07) is 3.80. The van der Waals surface area contributed by atoms with Gasteiger partial charge >= 0.3 is 5.97 Å². The Labute approximate surface area is 104 Å². The number of aliphatic carboxylic acids is 1. The van der Waals surface area contributed by atoms with Gasteiger partial charge in [-0.05, 0) is 24.3 Å². The Kier molecular flexibility index (Phi) is 3.47. The average Bonchev–Trinajstić information content (AvgIpc) is 2.68. The summed E-state index contributed by atoms with van der Waals surface area (Å²) in [4.78, 5) is 23.7. The van der Waals surface area contributed by atoms with Gasteiger partial charge in [0, 0.05) is 11.4 Å². The largest absolute Gasteiger partial charge is 0.481 e. The zero-order valence-corrected chi connectivity index (χ0v) is 10.3. The second kappa shape index (κ2) is 4.87. The van der Waals surface area contributed by atoms with Crippen molar-refractivity contribution in [3.63, 3.8) is 0 Å². The lowest BCUT2D eigenvalue weighted by Crippen LogP contribution is -2.47. The van der Waals surface area contributed by atoms with E-state index in [1.165, 1.54) is 11.3 Å². The van der Waals surface area contributed by atoms with Crippen LogP contribution in [-0.2, 0) is 16.0 Å². The van der Waals surface area contributed by atoms with E-state index in [9.17, 15) is 9.59 Å². The molecule has 0 radical (unpaired) electrons. The molecule has 5 heteroatoms. The summed E-state index contributed by atoms with van der Waals surface area (Å²) < 4.78 is 0. The third kappa shape index (κ3) is 2.66. The third-order valence-corrected chi connectivity index (χ3v) is 4.18. The second-order valence-electron chi connectivity index (χ2n) is 4.47. The number of thiophene rings is 1. The molecule has 1 heterocycles. The van der Waals surface area contributed by atoms with E-state index in [4.69, 9.17) is 5.11 Å². The van der Waals surface area contributed by atoms with Gasteiger partial charge in [-0.3, -0.25) is 9.59 Å². The molecule has 1 aromatic rings. The van der Waals surface area contributed by atoms with Gasteiger partial charge in [-0.15, -0.1) is 11.3 Å². The molecular weight excluding hydrogens is 238 g/mol. The van der Waals surface area contributed by atoms with Gasteiger partial charge in [0.05, 0.1) is 11.8 Å². The van der Waals surface area contributed by atoms with Crippen LogP contribution in [0.4, 0.5) is 0 Å². The first-order valence-electron chi connectivity index (χ1n) is 5.65. The highest BCUT2D eigenvalue weighted by Gasteiger charge is 2.44. The van der Waals surface area contributed by atoms with Crippen LogP contribution in [-0.4, -0.2) is 23.5 Å². The number of hydrogen-bond acceptors (Lipinski definition) is 3. The molecule has 0 aliphatic heterocycles. The Morgan fingerprint density at radius 3 is 2.71 bits per heavy atom.